The molecular formula is C32H36N4O5. The summed E-state index contributed by atoms with van der Waals surface area (Å²) in [5.74, 6) is -1.17. The zero-order chi connectivity index (χ0) is 28.8. The maximum atomic E-state index is 13.6. The minimum Gasteiger partial charge on any atom is -0.480 e. The van der Waals surface area contributed by atoms with Crippen molar-refractivity contribution in [2.45, 2.75) is 18.5 Å². The van der Waals surface area contributed by atoms with E-state index in [9.17, 15) is 14.4 Å². The molecule has 9 heteroatoms. The van der Waals surface area contributed by atoms with E-state index in [1.54, 1.807) is 4.90 Å². The summed E-state index contributed by atoms with van der Waals surface area (Å²) in [6.45, 7) is 2.76. The Bertz CT molecular complexity index is 1330. The van der Waals surface area contributed by atoms with Crippen LogP contribution in [0.3, 0.4) is 0 Å². The fourth-order valence-electron chi connectivity index (χ4n) is 5.78. The van der Waals surface area contributed by atoms with E-state index in [-0.39, 0.29) is 25.0 Å². The molecule has 0 aromatic heterocycles. The number of carbonyl (C=O) groups is 3. The zero-order valence-corrected chi connectivity index (χ0v) is 23.2. The number of fused-ring (bicyclic) bond motifs is 3. The van der Waals surface area contributed by atoms with Gasteiger partial charge < -0.3 is 20.1 Å². The highest BCUT2D eigenvalue weighted by Crippen LogP contribution is 2.44. The number of alkyl carbamates (subject to hydrolysis) is 1. The SMILES string of the molecule is CN(Cc1ccccc1)CC(NC(=O)OCC1c2ccccc2-c2ccccc21)C(=O)N1CCN(CC(=O)O)CC1. The summed E-state index contributed by atoms with van der Waals surface area (Å²) in [6.07, 6.45) is -0.636. The number of likely N-dealkylation sites (N-methyl/N-ethyl adjacent to an activating group) is 1. The first-order chi connectivity index (χ1) is 19.9. The molecule has 0 saturated carbocycles. The van der Waals surface area contributed by atoms with Crippen LogP contribution in [0.5, 0.6) is 0 Å². The molecule has 9 nitrogen and oxygen atoms in total. The number of ether oxygens (including phenoxy) is 1. The van der Waals surface area contributed by atoms with Gasteiger partial charge in [-0.25, -0.2) is 4.79 Å². The van der Waals surface area contributed by atoms with Crippen LogP contribution in [0.15, 0.2) is 78.9 Å². The van der Waals surface area contributed by atoms with E-state index >= 15 is 0 Å². The molecule has 5 rings (SSSR count). The lowest BCUT2D eigenvalue weighted by Gasteiger charge is -2.36. The molecule has 0 radical (unpaired) electrons. The zero-order valence-electron chi connectivity index (χ0n) is 23.2. The summed E-state index contributed by atoms with van der Waals surface area (Å²) in [7, 11) is 1.91. The molecule has 214 valence electrons. The van der Waals surface area contributed by atoms with Crippen molar-refractivity contribution in [2.75, 3.05) is 52.9 Å². The largest absolute Gasteiger partial charge is 0.480 e. The molecule has 0 bridgehead atoms. The fraction of sp³-hybridized carbons (Fsp3) is 0.344. The molecular weight excluding hydrogens is 520 g/mol. The topological polar surface area (TPSA) is 102 Å². The Labute approximate surface area is 240 Å². The van der Waals surface area contributed by atoms with E-state index in [1.807, 2.05) is 71.4 Å². The number of nitrogens with one attached hydrogen (secondary N) is 1. The van der Waals surface area contributed by atoms with Crippen molar-refractivity contribution in [2.24, 2.45) is 0 Å². The van der Waals surface area contributed by atoms with Crippen LogP contribution in [0.25, 0.3) is 11.1 Å². The molecule has 1 atom stereocenters. The monoisotopic (exact) mass is 556 g/mol. The standard InChI is InChI=1S/C32H36N4O5/c1-34(19-23-9-3-2-4-10-23)20-29(31(39)36-17-15-35(16-18-36)21-30(37)38)33-32(40)41-22-28-26-13-7-5-11-24(26)25-12-6-8-14-27(25)28/h2-14,28-29H,15-22H2,1H3,(H,33,40)(H,37,38). The molecule has 1 aliphatic heterocycles. The van der Waals surface area contributed by atoms with Crippen molar-refractivity contribution in [3.8, 4) is 11.1 Å². The second-order valence-electron chi connectivity index (χ2n) is 10.7. The summed E-state index contributed by atoms with van der Waals surface area (Å²) in [4.78, 5) is 43.4. The lowest BCUT2D eigenvalue weighted by molar-refractivity contribution is -0.140. The molecule has 1 fully saturated rings. The minimum absolute atomic E-state index is 0.0523. The molecule has 2 amide bonds. The van der Waals surface area contributed by atoms with E-state index in [0.29, 0.717) is 39.3 Å². The Kier molecular flexibility index (Phi) is 8.96. The predicted molar refractivity (Wildman–Crippen MR) is 155 cm³/mol. The Balaban J connectivity index is 1.25. The van der Waals surface area contributed by atoms with Crippen molar-refractivity contribution < 1.29 is 24.2 Å². The summed E-state index contributed by atoms with van der Waals surface area (Å²) in [5, 5.41) is 11.9. The van der Waals surface area contributed by atoms with Crippen LogP contribution >= 0.6 is 0 Å². The number of benzene rings is 3. The second kappa shape index (κ2) is 13.0. The van der Waals surface area contributed by atoms with Gasteiger partial charge in [-0.3, -0.25) is 19.4 Å². The van der Waals surface area contributed by atoms with Gasteiger partial charge in [0.05, 0.1) is 6.54 Å². The molecule has 2 N–H and O–H groups in total. The van der Waals surface area contributed by atoms with Gasteiger partial charge >= 0.3 is 12.1 Å². The molecule has 1 heterocycles. The van der Waals surface area contributed by atoms with Crippen molar-refractivity contribution in [3.63, 3.8) is 0 Å². The van der Waals surface area contributed by atoms with Crippen molar-refractivity contribution in [1.82, 2.24) is 20.0 Å². The quantitative estimate of drug-likeness (QED) is 0.395. The third kappa shape index (κ3) is 6.93. The van der Waals surface area contributed by atoms with Crippen molar-refractivity contribution in [1.29, 1.82) is 0 Å². The Morgan fingerprint density at radius 1 is 0.902 bits per heavy atom. The number of carboxylic acids is 1. The number of rotatable bonds is 10. The van der Waals surface area contributed by atoms with Gasteiger partial charge in [0.15, 0.2) is 0 Å². The molecule has 1 saturated heterocycles. The van der Waals surface area contributed by atoms with Crippen LogP contribution < -0.4 is 5.32 Å². The molecule has 41 heavy (non-hydrogen) atoms. The average molecular weight is 557 g/mol. The lowest BCUT2D eigenvalue weighted by Crippen LogP contribution is -2.57. The number of amides is 2. The number of piperazine rings is 1. The van der Waals surface area contributed by atoms with Crippen molar-refractivity contribution in [3.05, 3.63) is 95.6 Å². The Morgan fingerprint density at radius 3 is 2.10 bits per heavy atom. The number of hydrogen-bond donors (Lipinski definition) is 2. The Hall–Kier alpha value is -4.21. The lowest BCUT2D eigenvalue weighted by atomic mass is 9.98. The maximum Gasteiger partial charge on any atom is 0.407 e. The third-order valence-electron chi connectivity index (χ3n) is 7.77. The van der Waals surface area contributed by atoms with E-state index in [2.05, 4.69) is 29.6 Å². The number of carboxylic acid groups (broad SMARTS) is 1. The third-order valence-corrected chi connectivity index (χ3v) is 7.77. The first-order valence-corrected chi connectivity index (χ1v) is 14.0. The van der Waals surface area contributed by atoms with Crippen molar-refractivity contribution >= 4 is 18.0 Å². The van der Waals surface area contributed by atoms with Crippen LogP contribution in [0.4, 0.5) is 4.79 Å². The smallest absolute Gasteiger partial charge is 0.407 e. The van der Waals surface area contributed by atoms with Crippen LogP contribution in [-0.2, 0) is 20.9 Å². The predicted octanol–water partition coefficient (Wildman–Crippen LogP) is 3.25. The normalized spacial score (nSPS) is 15.7. The van der Waals surface area contributed by atoms with Gasteiger partial charge in [-0.15, -0.1) is 0 Å². The highest BCUT2D eigenvalue weighted by molar-refractivity contribution is 5.86. The molecule has 2 aliphatic rings. The molecule has 3 aromatic rings. The summed E-state index contributed by atoms with van der Waals surface area (Å²) in [6, 6.07) is 25.4. The van der Waals surface area contributed by atoms with Gasteiger partial charge in [-0.05, 0) is 34.9 Å². The average Bonchev–Trinajstić information content (AvgIpc) is 3.29. The number of aliphatic carboxylic acids is 1. The van der Waals surface area contributed by atoms with Crippen LogP contribution in [0, 0.1) is 0 Å². The summed E-state index contributed by atoms with van der Waals surface area (Å²) < 4.78 is 5.76. The summed E-state index contributed by atoms with van der Waals surface area (Å²) >= 11 is 0. The van der Waals surface area contributed by atoms with E-state index < -0.39 is 18.1 Å². The van der Waals surface area contributed by atoms with E-state index in [0.717, 1.165) is 27.8 Å². The van der Waals surface area contributed by atoms with Gasteiger partial charge in [0.2, 0.25) is 5.91 Å². The van der Waals surface area contributed by atoms with Crippen LogP contribution in [0.2, 0.25) is 0 Å². The number of carbonyl (C=O) groups excluding carboxylic acids is 2. The molecule has 0 spiro atoms. The first kappa shape index (κ1) is 28.3. The van der Waals surface area contributed by atoms with Gasteiger partial charge in [0.25, 0.3) is 0 Å². The van der Waals surface area contributed by atoms with E-state index in [1.165, 1.54) is 0 Å². The van der Waals surface area contributed by atoms with E-state index in [4.69, 9.17) is 9.84 Å². The summed E-state index contributed by atoms with van der Waals surface area (Å²) in [5.41, 5.74) is 5.64. The highest BCUT2D eigenvalue weighted by atomic mass is 16.5. The van der Waals surface area contributed by atoms with Crippen LogP contribution in [-0.4, -0.2) is 96.7 Å². The Morgan fingerprint density at radius 2 is 1.49 bits per heavy atom. The minimum atomic E-state index is -0.887. The molecule has 3 aromatic carbocycles. The van der Waals surface area contributed by atoms with Gasteiger partial charge in [0, 0.05) is 45.2 Å². The molecule has 1 aliphatic carbocycles. The van der Waals surface area contributed by atoms with Gasteiger partial charge in [0.1, 0.15) is 12.6 Å². The number of nitrogens with zero attached hydrogens (tertiary/aromatic N) is 3. The number of hydrogen-bond acceptors (Lipinski definition) is 6. The van der Waals surface area contributed by atoms with Gasteiger partial charge in [-0.2, -0.15) is 0 Å². The molecule has 1 unspecified atom stereocenters. The maximum absolute atomic E-state index is 13.6. The van der Waals surface area contributed by atoms with Crippen LogP contribution in [0.1, 0.15) is 22.6 Å². The fourth-order valence-corrected chi connectivity index (χ4v) is 5.78. The highest BCUT2D eigenvalue weighted by Gasteiger charge is 2.32. The van der Waals surface area contributed by atoms with Gasteiger partial charge in [-0.1, -0.05) is 78.9 Å². The first-order valence-electron chi connectivity index (χ1n) is 14.0. The second-order valence-corrected chi connectivity index (χ2v) is 10.7.